The molecule has 0 spiro atoms. The Morgan fingerprint density at radius 2 is 1.84 bits per heavy atom. The molecule has 2 nitrogen and oxygen atoms in total. The van der Waals surface area contributed by atoms with Crippen molar-refractivity contribution in [2.75, 3.05) is 14.2 Å². The number of aryl methyl sites for hydroxylation is 1. The van der Waals surface area contributed by atoms with Crippen LogP contribution in [0.25, 0.3) is 0 Å². The smallest absolute Gasteiger partial charge is 0.0880 e. The molecule has 0 saturated heterocycles. The number of thiophene rings is 1. The minimum Gasteiger partial charge on any atom is -0.376 e. The Kier molecular flexibility index (Phi) is 4.38. The first-order valence-electron chi connectivity index (χ1n) is 7.21. The molecule has 3 heteroatoms. The summed E-state index contributed by atoms with van der Waals surface area (Å²) in [5.41, 5.74) is 0.424. The Hall–Kier alpha value is -0.380. The number of ether oxygens (including phenoxy) is 1. The summed E-state index contributed by atoms with van der Waals surface area (Å²) in [6.45, 7) is 6.91. The molecule has 1 aliphatic rings. The first-order chi connectivity index (χ1) is 8.92. The first kappa shape index (κ1) is 15.0. The van der Waals surface area contributed by atoms with Crippen LogP contribution in [-0.4, -0.2) is 19.8 Å². The molecule has 1 unspecified atom stereocenters. The lowest BCUT2D eigenvalue weighted by molar-refractivity contribution is -0.0854. The summed E-state index contributed by atoms with van der Waals surface area (Å²) in [7, 11) is 3.93. The van der Waals surface area contributed by atoms with Gasteiger partial charge in [0, 0.05) is 16.9 Å². The van der Waals surface area contributed by atoms with Gasteiger partial charge in [-0.3, -0.25) is 0 Å². The molecule has 0 aliphatic heterocycles. The molecule has 2 rings (SSSR count). The van der Waals surface area contributed by atoms with Crippen molar-refractivity contribution >= 4 is 11.3 Å². The molecule has 1 heterocycles. The average molecular weight is 281 g/mol. The molecule has 108 valence electrons. The lowest BCUT2D eigenvalue weighted by Crippen LogP contribution is -2.48. The van der Waals surface area contributed by atoms with Crippen LogP contribution in [0.15, 0.2) is 12.1 Å². The van der Waals surface area contributed by atoms with Crippen molar-refractivity contribution in [3.8, 4) is 0 Å². The minimum absolute atomic E-state index is 0.0401. The summed E-state index contributed by atoms with van der Waals surface area (Å²) in [5.74, 6) is 0. The van der Waals surface area contributed by atoms with Gasteiger partial charge in [-0.2, -0.15) is 0 Å². The normalized spacial score (nSPS) is 23.2. The largest absolute Gasteiger partial charge is 0.376 e. The van der Waals surface area contributed by atoms with Crippen molar-refractivity contribution in [3.63, 3.8) is 0 Å². The van der Waals surface area contributed by atoms with Crippen LogP contribution in [-0.2, 0) is 4.74 Å². The van der Waals surface area contributed by atoms with Gasteiger partial charge < -0.3 is 10.1 Å². The van der Waals surface area contributed by atoms with E-state index in [1.165, 1.54) is 22.6 Å². The number of rotatable bonds is 4. The van der Waals surface area contributed by atoms with Crippen molar-refractivity contribution in [2.45, 2.75) is 58.1 Å². The number of methoxy groups -OCH3 is 1. The molecule has 0 bridgehead atoms. The Bertz CT molecular complexity index is 414. The van der Waals surface area contributed by atoms with Gasteiger partial charge in [0.2, 0.25) is 0 Å². The fraction of sp³-hybridized carbons (Fsp3) is 0.750. The topological polar surface area (TPSA) is 21.3 Å². The van der Waals surface area contributed by atoms with Gasteiger partial charge in [-0.1, -0.05) is 13.8 Å². The van der Waals surface area contributed by atoms with Crippen molar-refractivity contribution in [3.05, 3.63) is 21.9 Å². The maximum absolute atomic E-state index is 6.03. The van der Waals surface area contributed by atoms with Crippen molar-refractivity contribution in [1.82, 2.24) is 5.32 Å². The van der Waals surface area contributed by atoms with E-state index in [0.29, 0.717) is 11.5 Å². The van der Waals surface area contributed by atoms with Crippen LogP contribution in [0.4, 0.5) is 0 Å². The number of hydrogen-bond donors (Lipinski definition) is 1. The molecule has 1 aliphatic carbocycles. The molecular formula is C16H27NOS. The van der Waals surface area contributed by atoms with E-state index >= 15 is 0 Å². The lowest BCUT2D eigenvalue weighted by atomic mass is 9.68. The average Bonchev–Trinajstić information content (AvgIpc) is 2.79. The molecule has 0 amide bonds. The predicted octanol–water partition coefficient (Wildman–Crippen LogP) is 4.30. The van der Waals surface area contributed by atoms with E-state index < -0.39 is 0 Å². The van der Waals surface area contributed by atoms with E-state index in [-0.39, 0.29) is 5.60 Å². The Balaban J connectivity index is 2.24. The molecule has 1 aromatic heterocycles. The van der Waals surface area contributed by atoms with Gasteiger partial charge in [-0.25, -0.2) is 0 Å². The predicted molar refractivity (Wildman–Crippen MR) is 82.8 cm³/mol. The Morgan fingerprint density at radius 1 is 1.21 bits per heavy atom. The van der Waals surface area contributed by atoms with E-state index in [2.05, 4.69) is 45.3 Å². The second-order valence-electron chi connectivity index (χ2n) is 6.60. The fourth-order valence-corrected chi connectivity index (χ4v) is 4.33. The summed E-state index contributed by atoms with van der Waals surface area (Å²) < 4.78 is 6.03. The van der Waals surface area contributed by atoms with Gasteiger partial charge in [0.15, 0.2) is 0 Å². The summed E-state index contributed by atoms with van der Waals surface area (Å²) in [5, 5.41) is 3.51. The van der Waals surface area contributed by atoms with E-state index in [9.17, 15) is 0 Å². The summed E-state index contributed by atoms with van der Waals surface area (Å²) in [6, 6.07) is 4.77. The highest BCUT2D eigenvalue weighted by molar-refractivity contribution is 7.12. The highest BCUT2D eigenvalue weighted by Gasteiger charge is 2.44. The maximum atomic E-state index is 6.03. The zero-order valence-electron chi connectivity index (χ0n) is 12.9. The Morgan fingerprint density at radius 3 is 2.26 bits per heavy atom. The maximum Gasteiger partial charge on any atom is 0.0880 e. The van der Waals surface area contributed by atoms with E-state index in [4.69, 9.17) is 4.74 Å². The lowest BCUT2D eigenvalue weighted by Gasteiger charge is -2.46. The van der Waals surface area contributed by atoms with Gasteiger partial charge in [-0.15, -0.1) is 11.3 Å². The third-order valence-electron chi connectivity index (χ3n) is 4.72. The van der Waals surface area contributed by atoms with Crippen LogP contribution in [0.5, 0.6) is 0 Å². The van der Waals surface area contributed by atoms with Crippen LogP contribution in [0.1, 0.15) is 55.3 Å². The van der Waals surface area contributed by atoms with Gasteiger partial charge >= 0.3 is 0 Å². The van der Waals surface area contributed by atoms with Crippen LogP contribution in [0.2, 0.25) is 0 Å². The second kappa shape index (κ2) is 5.55. The van der Waals surface area contributed by atoms with Crippen LogP contribution < -0.4 is 5.32 Å². The fourth-order valence-electron chi connectivity index (χ4n) is 3.23. The molecule has 19 heavy (non-hydrogen) atoms. The summed E-state index contributed by atoms with van der Waals surface area (Å²) in [4.78, 5) is 2.78. The summed E-state index contributed by atoms with van der Waals surface area (Å²) >= 11 is 1.89. The van der Waals surface area contributed by atoms with Crippen molar-refractivity contribution in [1.29, 1.82) is 0 Å². The monoisotopic (exact) mass is 281 g/mol. The SMILES string of the molecule is CNC(c1ccc(C)s1)C1(OC)CCC(C)(C)CC1. The van der Waals surface area contributed by atoms with E-state index in [0.717, 1.165) is 12.8 Å². The quantitative estimate of drug-likeness (QED) is 0.888. The van der Waals surface area contributed by atoms with Crippen molar-refractivity contribution < 1.29 is 4.74 Å². The van der Waals surface area contributed by atoms with Gasteiger partial charge in [0.1, 0.15) is 0 Å². The highest BCUT2D eigenvalue weighted by Crippen LogP contribution is 2.48. The number of hydrogen-bond acceptors (Lipinski definition) is 3. The molecule has 1 saturated carbocycles. The van der Waals surface area contributed by atoms with E-state index in [1.54, 1.807) is 0 Å². The molecule has 1 N–H and O–H groups in total. The molecule has 1 aromatic rings. The third-order valence-corrected chi connectivity index (χ3v) is 5.78. The van der Waals surface area contributed by atoms with Crippen LogP contribution in [0.3, 0.4) is 0 Å². The Labute approximate surface area is 121 Å². The zero-order valence-corrected chi connectivity index (χ0v) is 13.7. The van der Waals surface area contributed by atoms with Gasteiger partial charge in [0.05, 0.1) is 11.6 Å². The third kappa shape index (κ3) is 3.04. The minimum atomic E-state index is -0.0401. The second-order valence-corrected chi connectivity index (χ2v) is 7.92. The number of nitrogens with one attached hydrogen (secondary N) is 1. The van der Waals surface area contributed by atoms with Crippen LogP contribution >= 0.6 is 11.3 Å². The van der Waals surface area contributed by atoms with Gasteiger partial charge in [-0.05, 0) is 57.2 Å². The standard InChI is InChI=1S/C16H27NOS/c1-12-6-7-13(19-12)14(17-4)16(18-5)10-8-15(2,3)9-11-16/h6-7,14,17H,8-11H2,1-5H3. The molecule has 1 atom stereocenters. The number of likely N-dealkylation sites (N-methyl/N-ethyl adjacent to an activating group) is 1. The molecule has 0 aromatic carbocycles. The summed E-state index contributed by atoms with van der Waals surface area (Å²) in [6.07, 6.45) is 4.75. The first-order valence-corrected chi connectivity index (χ1v) is 8.03. The molecule has 1 fully saturated rings. The highest BCUT2D eigenvalue weighted by atomic mass is 32.1. The molecule has 0 radical (unpaired) electrons. The van der Waals surface area contributed by atoms with Crippen LogP contribution in [0, 0.1) is 12.3 Å². The van der Waals surface area contributed by atoms with Gasteiger partial charge in [0.25, 0.3) is 0 Å². The zero-order chi connectivity index (χ0) is 14.1. The van der Waals surface area contributed by atoms with E-state index in [1.807, 2.05) is 18.4 Å². The molecular weight excluding hydrogens is 254 g/mol. The van der Waals surface area contributed by atoms with Crippen molar-refractivity contribution in [2.24, 2.45) is 5.41 Å².